The molecule has 3 aromatic rings. The SMILES string of the molecule is Cc1cc(C(=O)N2CCOC[C@H]2CNC(=O)c2ccc(-c3noc(C(F)(F)F)n3)cc2)n(C)n1. The zero-order chi connectivity index (χ0) is 24.5. The van der Waals surface area contributed by atoms with E-state index in [1.807, 2.05) is 0 Å². The Morgan fingerprint density at radius 2 is 1.97 bits per heavy atom. The number of carbonyl (C=O) groups excluding carboxylic acids is 2. The molecular weight excluding hydrogens is 457 g/mol. The Morgan fingerprint density at radius 1 is 1.24 bits per heavy atom. The molecule has 1 aliphatic heterocycles. The van der Waals surface area contributed by atoms with Gasteiger partial charge in [0.05, 0.1) is 24.9 Å². The van der Waals surface area contributed by atoms with Crippen LogP contribution in [0.1, 0.15) is 32.4 Å². The predicted octanol–water partition coefficient (Wildman–Crippen LogP) is 2.07. The highest BCUT2D eigenvalue weighted by Gasteiger charge is 2.38. The fraction of sp³-hybridized carbons (Fsp3) is 0.381. The molecule has 0 aliphatic carbocycles. The number of nitrogens with one attached hydrogen (secondary N) is 1. The van der Waals surface area contributed by atoms with E-state index in [2.05, 4.69) is 25.1 Å². The second kappa shape index (κ2) is 9.25. The molecule has 2 aromatic heterocycles. The Hall–Kier alpha value is -3.74. The average molecular weight is 478 g/mol. The zero-order valence-electron chi connectivity index (χ0n) is 18.3. The monoisotopic (exact) mass is 478 g/mol. The Labute approximate surface area is 191 Å². The van der Waals surface area contributed by atoms with Crippen molar-refractivity contribution in [2.24, 2.45) is 7.05 Å². The maximum absolute atomic E-state index is 13.0. The van der Waals surface area contributed by atoms with Gasteiger partial charge in [0, 0.05) is 31.3 Å². The molecule has 34 heavy (non-hydrogen) atoms. The van der Waals surface area contributed by atoms with Gasteiger partial charge in [0.25, 0.3) is 11.8 Å². The van der Waals surface area contributed by atoms with E-state index in [0.717, 1.165) is 5.69 Å². The van der Waals surface area contributed by atoms with Crippen molar-refractivity contribution in [1.29, 1.82) is 0 Å². The molecule has 0 radical (unpaired) electrons. The number of carbonyl (C=O) groups is 2. The summed E-state index contributed by atoms with van der Waals surface area (Å²) in [5.41, 5.74) is 1.71. The van der Waals surface area contributed by atoms with Crippen LogP contribution in [-0.2, 0) is 18.0 Å². The Morgan fingerprint density at radius 3 is 2.59 bits per heavy atom. The van der Waals surface area contributed by atoms with Gasteiger partial charge in [-0.3, -0.25) is 14.3 Å². The molecular formula is C21H21F3N6O4. The molecule has 1 atom stereocenters. The van der Waals surface area contributed by atoms with Crippen LogP contribution >= 0.6 is 0 Å². The third kappa shape index (κ3) is 4.93. The summed E-state index contributed by atoms with van der Waals surface area (Å²) in [4.78, 5) is 30.6. The molecule has 0 unspecified atom stereocenters. The number of aromatic nitrogens is 4. The van der Waals surface area contributed by atoms with Crippen LogP contribution in [0, 0.1) is 6.92 Å². The number of benzene rings is 1. The summed E-state index contributed by atoms with van der Waals surface area (Å²) in [5, 5.41) is 10.3. The molecule has 1 aliphatic rings. The van der Waals surface area contributed by atoms with E-state index in [4.69, 9.17) is 4.74 Å². The van der Waals surface area contributed by atoms with Crippen molar-refractivity contribution in [3.63, 3.8) is 0 Å². The third-order valence-electron chi connectivity index (χ3n) is 5.28. The summed E-state index contributed by atoms with van der Waals surface area (Å²) in [6.07, 6.45) is -4.74. The molecule has 1 fully saturated rings. The van der Waals surface area contributed by atoms with Crippen molar-refractivity contribution in [3.8, 4) is 11.4 Å². The first-order chi connectivity index (χ1) is 16.1. The highest BCUT2D eigenvalue weighted by atomic mass is 19.4. The van der Waals surface area contributed by atoms with Crippen molar-refractivity contribution in [1.82, 2.24) is 30.1 Å². The average Bonchev–Trinajstić information content (AvgIpc) is 3.44. The molecule has 1 N–H and O–H groups in total. The third-order valence-corrected chi connectivity index (χ3v) is 5.28. The van der Waals surface area contributed by atoms with Crippen LogP contribution in [0.5, 0.6) is 0 Å². The minimum atomic E-state index is -4.74. The van der Waals surface area contributed by atoms with E-state index in [1.54, 1.807) is 24.9 Å². The van der Waals surface area contributed by atoms with Crippen molar-refractivity contribution >= 4 is 11.8 Å². The van der Waals surface area contributed by atoms with Gasteiger partial charge in [-0.2, -0.15) is 23.3 Å². The van der Waals surface area contributed by atoms with Crippen LogP contribution in [0.15, 0.2) is 34.9 Å². The number of alkyl halides is 3. The molecule has 4 rings (SSSR count). The van der Waals surface area contributed by atoms with Crippen LogP contribution in [0.25, 0.3) is 11.4 Å². The standard InChI is InChI=1S/C21H21F3N6O4/c1-12-9-16(29(2)27-12)19(32)30-7-8-33-11-15(30)10-25-18(31)14-5-3-13(4-6-14)17-26-20(34-28-17)21(22,23)24/h3-6,9,15H,7-8,10-11H2,1-2H3,(H,25,31)/t15-/m1/s1. The lowest BCUT2D eigenvalue weighted by Crippen LogP contribution is -2.53. The summed E-state index contributed by atoms with van der Waals surface area (Å²) >= 11 is 0. The second-order valence-corrected chi connectivity index (χ2v) is 7.73. The number of nitrogens with zero attached hydrogens (tertiary/aromatic N) is 5. The molecule has 10 nitrogen and oxygen atoms in total. The van der Waals surface area contributed by atoms with Gasteiger partial charge in [-0.15, -0.1) is 0 Å². The Balaban J connectivity index is 1.40. The van der Waals surface area contributed by atoms with E-state index in [-0.39, 0.29) is 42.1 Å². The smallest absolute Gasteiger partial charge is 0.377 e. The molecule has 13 heteroatoms. The molecule has 1 aromatic carbocycles. The summed E-state index contributed by atoms with van der Waals surface area (Å²) in [7, 11) is 1.69. The first-order valence-electron chi connectivity index (χ1n) is 10.3. The van der Waals surface area contributed by atoms with E-state index < -0.39 is 18.0 Å². The summed E-state index contributed by atoms with van der Waals surface area (Å²) < 4.78 is 49.1. The normalized spacial score (nSPS) is 16.5. The van der Waals surface area contributed by atoms with Crippen LogP contribution in [0.2, 0.25) is 0 Å². The first-order valence-corrected chi connectivity index (χ1v) is 10.3. The van der Waals surface area contributed by atoms with Gasteiger partial charge < -0.3 is 19.5 Å². The van der Waals surface area contributed by atoms with Crippen molar-refractivity contribution in [2.45, 2.75) is 19.1 Å². The maximum Gasteiger partial charge on any atom is 0.471 e. The lowest BCUT2D eigenvalue weighted by Gasteiger charge is -2.35. The first kappa shape index (κ1) is 23.4. The van der Waals surface area contributed by atoms with Gasteiger partial charge in [0.2, 0.25) is 5.82 Å². The Kier molecular flexibility index (Phi) is 6.37. The summed E-state index contributed by atoms with van der Waals surface area (Å²) in [6, 6.07) is 7.05. The fourth-order valence-corrected chi connectivity index (χ4v) is 3.59. The van der Waals surface area contributed by atoms with Crippen LogP contribution in [0.4, 0.5) is 13.2 Å². The van der Waals surface area contributed by atoms with Gasteiger partial charge in [-0.05, 0) is 25.1 Å². The number of rotatable bonds is 5. The van der Waals surface area contributed by atoms with E-state index in [0.29, 0.717) is 18.8 Å². The topological polar surface area (TPSA) is 115 Å². The zero-order valence-corrected chi connectivity index (χ0v) is 18.3. The fourth-order valence-electron chi connectivity index (χ4n) is 3.59. The highest BCUT2D eigenvalue weighted by molar-refractivity contribution is 5.95. The number of ether oxygens (including phenoxy) is 1. The lowest BCUT2D eigenvalue weighted by molar-refractivity contribution is -0.159. The van der Waals surface area contributed by atoms with Crippen LogP contribution < -0.4 is 5.32 Å². The Bertz CT molecular complexity index is 1190. The molecule has 0 saturated carbocycles. The quantitative estimate of drug-likeness (QED) is 0.597. The summed E-state index contributed by atoms with van der Waals surface area (Å²) in [6.45, 7) is 2.99. The minimum Gasteiger partial charge on any atom is -0.377 e. The molecule has 3 heterocycles. The molecule has 180 valence electrons. The number of halogens is 3. The van der Waals surface area contributed by atoms with Gasteiger partial charge >= 0.3 is 12.1 Å². The van der Waals surface area contributed by atoms with Crippen molar-refractivity contribution in [2.75, 3.05) is 26.3 Å². The van der Waals surface area contributed by atoms with Gasteiger partial charge in [-0.1, -0.05) is 17.3 Å². The molecule has 2 amide bonds. The molecule has 1 saturated heterocycles. The van der Waals surface area contributed by atoms with Crippen molar-refractivity contribution in [3.05, 3.63) is 53.2 Å². The number of aryl methyl sites for hydroxylation is 2. The minimum absolute atomic E-state index is 0.156. The number of morpholine rings is 1. The second-order valence-electron chi connectivity index (χ2n) is 7.73. The van der Waals surface area contributed by atoms with Gasteiger partial charge in [0.15, 0.2) is 0 Å². The van der Waals surface area contributed by atoms with Crippen molar-refractivity contribution < 1.29 is 32.0 Å². The largest absolute Gasteiger partial charge is 0.471 e. The van der Waals surface area contributed by atoms with Crippen LogP contribution in [-0.4, -0.2) is 69.0 Å². The maximum atomic E-state index is 13.0. The number of amides is 2. The van der Waals surface area contributed by atoms with Gasteiger partial charge in [0.1, 0.15) is 5.69 Å². The van der Waals surface area contributed by atoms with E-state index in [9.17, 15) is 22.8 Å². The number of hydrogen-bond acceptors (Lipinski definition) is 7. The molecule has 0 bridgehead atoms. The molecule has 0 spiro atoms. The highest BCUT2D eigenvalue weighted by Crippen LogP contribution is 2.29. The van der Waals surface area contributed by atoms with Crippen LogP contribution in [0.3, 0.4) is 0 Å². The lowest BCUT2D eigenvalue weighted by atomic mass is 10.1. The predicted molar refractivity (Wildman–Crippen MR) is 111 cm³/mol. The van der Waals surface area contributed by atoms with E-state index in [1.165, 1.54) is 28.9 Å². The summed E-state index contributed by atoms with van der Waals surface area (Å²) in [5.74, 6) is -2.30. The van der Waals surface area contributed by atoms with Gasteiger partial charge in [-0.25, -0.2) is 0 Å². The van der Waals surface area contributed by atoms with E-state index >= 15 is 0 Å². The number of hydrogen-bond donors (Lipinski definition) is 1.